The number of aromatic nitrogens is 2. The van der Waals surface area contributed by atoms with Crippen LogP contribution in [0.5, 0.6) is 0 Å². The third-order valence-corrected chi connectivity index (χ3v) is 4.05. The number of rotatable bonds is 3. The molecule has 0 amide bonds. The van der Waals surface area contributed by atoms with Crippen molar-refractivity contribution < 1.29 is 16.8 Å². The second-order valence-electron chi connectivity index (χ2n) is 4.18. The minimum Gasteiger partial charge on any atom is -0.281 e. The third kappa shape index (κ3) is 2.76. The first-order valence-corrected chi connectivity index (χ1v) is 9.03. The van der Waals surface area contributed by atoms with Gasteiger partial charge >= 0.3 is 0 Å². The molecule has 0 unspecified atom stereocenters. The zero-order valence-corrected chi connectivity index (χ0v) is 12.3. The Labute approximate surface area is 116 Å². The fourth-order valence-corrected chi connectivity index (χ4v) is 3.05. The maximum Gasteiger partial charge on any atom is 0.236 e. The van der Waals surface area contributed by atoms with E-state index in [1.807, 2.05) is 0 Å². The minimum atomic E-state index is -3.55. The van der Waals surface area contributed by atoms with E-state index in [0.29, 0.717) is 5.52 Å². The van der Waals surface area contributed by atoms with Gasteiger partial charge in [-0.05, 0) is 18.1 Å². The number of pyridine rings is 1. The first-order valence-electron chi connectivity index (χ1n) is 5.29. The molecule has 0 aliphatic heterocycles. The van der Waals surface area contributed by atoms with E-state index in [2.05, 4.69) is 15.6 Å². The molecule has 0 saturated heterocycles. The molecule has 9 heteroatoms. The van der Waals surface area contributed by atoms with Crippen LogP contribution >= 0.6 is 0 Å². The van der Waals surface area contributed by atoms with Crippen LogP contribution in [0.1, 0.15) is 5.69 Å². The van der Waals surface area contributed by atoms with Crippen LogP contribution in [0.2, 0.25) is 0 Å². The van der Waals surface area contributed by atoms with Crippen LogP contribution in [0.4, 0.5) is 5.69 Å². The van der Waals surface area contributed by atoms with Gasteiger partial charge in [0.05, 0.1) is 29.2 Å². The van der Waals surface area contributed by atoms with Gasteiger partial charge in [0.25, 0.3) is 0 Å². The second kappa shape index (κ2) is 4.50. The highest BCUT2D eigenvalue weighted by atomic mass is 32.2. The van der Waals surface area contributed by atoms with Gasteiger partial charge in [-0.2, -0.15) is 0 Å². The molecule has 20 heavy (non-hydrogen) atoms. The van der Waals surface area contributed by atoms with Crippen molar-refractivity contribution in [2.45, 2.75) is 0 Å². The van der Waals surface area contributed by atoms with E-state index < -0.39 is 20.0 Å². The fourth-order valence-electron chi connectivity index (χ4n) is 1.71. The van der Waals surface area contributed by atoms with Gasteiger partial charge in [-0.3, -0.25) is 4.72 Å². The smallest absolute Gasteiger partial charge is 0.236 e. The average Bonchev–Trinajstić information content (AvgIpc) is 2.67. The van der Waals surface area contributed by atoms with Crippen molar-refractivity contribution in [3.8, 4) is 12.3 Å². The van der Waals surface area contributed by atoms with E-state index >= 15 is 0 Å². The van der Waals surface area contributed by atoms with Crippen LogP contribution in [0.3, 0.4) is 0 Å². The normalized spacial score (nSPS) is 12.2. The predicted octanol–water partition coefficient (Wildman–Crippen LogP) is 0.197. The Bertz CT molecular complexity index is 934. The van der Waals surface area contributed by atoms with Crippen molar-refractivity contribution in [1.82, 2.24) is 8.96 Å². The van der Waals surface area contributed by atoms with E-state index in [0.717, 1.165) is 16.5 Å². The average molecular weight is 313 g/mol. The summed E-state index contributed by atoms with van der Waals surface area (Å²) in [6, 6.07) is 2.83. The number of nitrogens with zero attached hydrogens (tertiary/aromatic N) is 2. The Hall–Kier alpha value is -2.05. The third-order valence-electron chi connectivity index (χ3n) is 2.43. The largest absolute Gasteiger partial charge is 0.281 e. The van der Waals surface area contributed by atoms with Gasteiger partial charge in [-0.15, -0.1) is 6.42 Å². The molecule has 7 nitrogen and oxygen atoms in total. The summed E-state index contributed by atoms with van der Waals surface area (Å²) in [6.45, 7) is 0. The molecule has 0 atom stereocenters. The molecule has 0 spiro atoms. The lowest BCUT2D eigenvalue weighted by molar-refractivity contribution is 0.595. The van der Waals surface area contributed by atoms with Crippen molar-refractivity contribution in [3.05, 3.63) is 24.0 Å². The van der Waals surface area contributed by atoms with Gasteiger partial charge < -0.3 is 0 Å². The Morgan fingerprint density at radius 2 is 1.95 bits per heavy atom. The van der Waals surface area contributed by atoms with Crippen molar-refractivity contribution >= 4 is 36.8 Å². The second-order valence-corrected chi connectivity index (χ2v) is 7.79. The molecule has 0 aromatic carbocycles. The lowest BCUT2D eigenvalue weighted by Gasteiger charge is -2.08. The van der Waals surface area contributed by atoms with Crippen molar-refractivity contribution in [1.29, 1.82) is 0 Å². The highest BCUT2D eigenvalue weighted by Crippen LogP contribution is 2.23. The number of terminal acetylenes is 1. The summed E-state index contributed by atoms with van der Waals surface area (Å²) in [5, 5.41) is 0. The molecular weight excluding hydrogens is 302 g/mol. The summed E-state index contributed by atoms with van der Waals surface area (Å²) in [5.41, 5.74) is 0.764. The van der Waals surface area contributed by atoms with Gasteiger partial charge in [-0.1, -0.05) is 0 Å². The van der Waals surface area contributed by atoms with Crippen LogP contribution in [0.25, 0.3) is 11.0 Å². The molecule has 2 aromatic rings. The van der Waals surface area contributed by atoms with Crippen molar-refractivity contribution in [2.24, 2.45) is 0 Å². The number of anilines is 1. The van der Waals surface area contributed by atoms with Crippen LogP contribution in [-0.2, 0) is 20.0 Å². The minimum absolute atomic E-state index is 0.0612. The summed E-state index contributed by atoms with van der Waals surface area (Å²) in [6.07, 6.45) is 8.61. The number of hydrogen-bond acceptors (Lipinski definition) is 5. The highest BCUT2D eigenvalue weighted by molar-refractivity contribution is 7.92. The maximum atomic E-state index is 11.6. The molecule has 2 aromatic heterocycles. The SMILES string of the molecule is C#Cc1nc2ccn(S(C)(=O)=O)c2cc1NS(C)(=O)=O. The number of nitrogens with one attached hydrogen (secondary N) is 1. The molecule has 2 heterocycles. The van der Waals surface area contributed by atoms with E-state index in [1.165, 1.54) is 18.3 Å². The Morgan fingerprint density at radius 1 is 1.30 bits per heavy atom. The van der Waals surface area contributed by atoms with Crippen LogP contribution < -0.4 is 4.72 Å². The molecule has 0 radical (unpaired) electrons. The van der Waals surface area contributed by atoms with Gasteiger partial charge in [0.2, 0.25) is 20.0 Å². The Balaban J connectivity index is 2.79. The Kier molecular flexibility index (Phi) is 3.23. The number of hydrogen-bond donors (Lipinski definition) is 1. The topological polar surface area (TPSA) is 98.1 Å². The van der Waals surface area contributed by atoms with E-state index in [4.69, 9.17) is 6.42 Å². The van der Waals surface area contributed by atoms with E-state index in [1.54, 1.807) is 0 Å². The molecule has 1 N–H and O–H groups in total. The molecular formula is C11H11N3O4S2. The molecule has 106 valence electrons. The van der Waals surface area contributed by atoms with Crippen molar-refractivity contribution in [3.63, 3.8) is 0 Å². The number of sulfonamides is 1. The summed E-state index contributed by atoms with van der Waals surface area (Å²) in [5.74, 6) is 2.26. The first kappa shape index (κ1) is 14.4. The summed E-state index contributed by atoms with van der Waals surface area (Å²) in [7, 11) is -7.07. The van der Waals surface area contributed by atoms with Crippen LogP contribution in [0.15, 0.2) is 18.3 Å². The van der Waals surface area contributed by atoms with E-state index in [-0.39, 0.29) is 16.9 Å². The standard InChI is InChI=1S/C11H11N3O4S2/c1-4-8-10(13-19(2,15)16)7-11-9(12-8)5-6-14(11)20(3,17)18/h1,5-7,13H,2-3H3. The summed E-state index contributed by atoms with van der Waals surface area (Å²) in [4.78, 5) is 4.06. The van der Waals surface area contributed by atoms with Crippen molar-refractivity contribution in [2.75, 3.05) is 17.2 Å². The molecule has 0 saturated carbocycles. The zero-order chi connectivity index (χ0) is 15.1. The molecule has 0 fully saturated rings. The monoisotopic (exact) mass is 313 g/mol. The van der Waals surface area contributed by atoms with Gasteiger partial charge in [0, 0.05) is 6.20 Å². The predicted molar refractivity (Wildman–Crippen MR) is 76.4 cm³/mol. The Morgan fingerprint density at radius 3 is 2.45 bits per heavy atom. The van der Waals surface area contributed by atoms with Gasteiger partial charge in [0.15, 0.2) is 0 Å². The van der Waals surface area contributed by atoms with Gasteiger partial charge in [0.1, 0.15) is 5.69 Å². The lowest BCUT2D eigenvalue weighted by Crippen LogP contribution is -2.12. The molecule has 0 aliphatic carbocycles. The first-order chi connectivity index (χ1) is 9.12. The van der Waals surface area contributed by atoms with Gasteiger partial charge in [-0.25, -0.2) is 25.8 Å². The summed E-state index contributed by atoms with van der Waals surface area (Å²) >= 11 is 0. The highest BCUT2D eigenvalue weighted by Gasteiger charge is 2.15. The number of fused-ring (bicyclic) bond motifs is 1. The summed E-state index contributed by atoms with van der Waals surface area (Å²) < 4.78 is 49.0. The quantitative estimate of drug-likeness (QED) is 0.816. The van der Waals surface area contributed by atoms with Crippen LogP contribution in [-0.4, -0.2) is 38.3 Å². The van der Waals surface area contributed by atoms with Crippen LogP contribution in [0, 0.1) is 12.3 Å². The zero-order valence-electron chi connectivity index (χ0n) is 10.7. The molecule has 0 bridgehead atoms. The molecule has 2 rings (SSSR count). The van der Waals surface area contributed by atoms with E-state index in [9.17, 15) is 16.8 Å². The molecule has 0 aliphatic rings. The lowest BCUT2D eigenvalue weighted by atomic mass is 10.3. The fraction of sp³-hybridized carbons (Fsp3) is 0.182. The maximum absolute atomic E-state index is 11.6.